The SMILES string of the molecule is CN(C)c1ccc(C(=O)NN=Cc2cc(Cl)cc(Cl)c2O)cc1. The first-order chi connectivity index (χ1) is 10.9. The van der Waals surface area contributed by atoms with Crippen LogP contribution < -0.4 is 10.3 Å². The molecule has 0 spiro atoms. The summed E-state index contributed by atoms with van der Waals surface area (Å²) in [5, 5.41) is 14.1. The average molecular weight is 352 g/mol. The molecule has 2 N–H and O–H groups in total. The van der Waals surface area contributed by atoms with Crippen LogP contribution in [0.15, 0.2) is 41.5 Å². The lowest BCUT2D eigenvalue weighted by Crippen LogP contribution is -2.18. The number of carbonyl (C=O) groups excluding carboxylic acids is 1. The molecule has 0 aliphatic carbocycles. The first-order valence-electron chi connectivity index (χ1n) is 6.67. The molecule has 0 unspecified atom stereocenters. The maximum atomic E-state index is 12.0. The summed E-state index contributed by atoms with van der Waals surface area (Å²) in [4.78, 5) is 13.9. The fourth-order valence-corrected chi connectivity index (χ4v) is 2.33. The van der Waals surface area contributed by atoms with Crippen molar-refractivity contribution in [3.8, 4) is 5.75 Å². The van der Waals surface area contributed by atoms with Crippen LogP contribution in [0.4, 0.5) is 5.69 Å². The monoisotopic (exact) mass is 351 g/mol. The Morgan fingerprint density at radius 1 is 1.22 bits per heavy atom. The van der Waals surface area contributed by atoms with Gasteiger partial charge >= 0.3 is 0 Å². The van der Waals surface area contributed by atoms with Crippen molar-refractivity contribution in [3.05, 3.63) is 57.6 Å². The smallest absolute Gasteiger partial charge is 0.271 e. The van der Waals surface area contributed by atoms with Gasteiger partial charge in [0.25, 0.3) is 5.91 Å². The Kier molecular flexibility index (Phi) is 5.47. The normalized spacial score (nSPS) is 10.8. The van der Waals surface area contributed by atoms with E-state index in [0.717, 1.165) is 5.69 Å². The molecule has 7 heteroatoms. The highest BCUT2D eigenvalue weighted by Crippen LogP contribution is 2.29. The van der Waals surface area contributed by atoms with Gasteiger partial charge in [-0.15, -0.1) is 0 Å². The quantitative estimate of drug-likeness (QED) is 0.654. The van der Waals surface area contributed by atoms with Gasteiger partial charge in [0.05, 0.1) is 11.2 Å². The van der Waals surface area contributed by atoms with Gasteiger partial charge in [0.2, 0.25) is 0 Å². The summed E-state index contributed by atoms with van der Waals surface area (Å²) < 4.78 is 0. The molecule has 2 aromatic carbocycles. The number of carbonyl (C=O) groups is 1. The van der Waals surface area contributed by atoms with Crippen molar-refractivity contribution in [1.29, 1.82) is 0 Å². The summed E-state index contributed by atoms with van der Waals surface area (Å²) in [7, 11) is 3.84. The van der Waals surface area contributed by atoms with E-state index in [1.54, 1.807) is 12.1 Å². The predicted molar refractivity (Wildman–Crippen MR) is 94.0 cm³/mol. The fraction of sp³-hybridized carbons (Fsp3) is 0.125. The Bertz CT molecular complexity index is 744. The number of benzene rings is 2. The molecule has 0 heterocycles. The Morgan fingerprint density at radius 3 is 2.48 bits per heavy atom. The number of halogens is 2. The average Bonchev–Trinajstić information content (AvgIpc) is 2.51. The van der Waals surface area contributed by atoms with E-state index in [2.05, 4.69) is 10.5 Å². The van der Waals surface area contributed by atoms with E-state index in [1.807, 2.05) is 31.1 Å². The zero-order valence-corrected chi connectivity index (χ0v) is 14.1. The number of phenolic OH excluding ortho intramolecular Hbond substituents is 1. The topological polar surface area (TPSA) is 64.9 Å². The van der Waals surface area contributed by atoms with Gasteiger partial charge in [0, 0.05) is 35.9 Å². The number of phenols is 1. The Hall–Kier alpha value is -2.24. The highest BCUT2D eigenvalue weighted by molar-refractivity contribution is 6.36. The second-order valence-corrected chi connectivity index (χ2v) is 5.81. The standard InChI is InChI=1S/C16H15Cl2N3O2/c1-21(2)13-5-3-10(4-6-13)16(23)20-19-9-11-7-12(17)8-14(18)15(11)22/h3-9,22H,1-2H3,(H,20,23). The molecule has 23 heavy (non-hydrogen) atoms. The summed E-state index contributed by atoms with van der Waals surface area (Å²) >= 11 is 11.7. The van der Waals surface area contributed by atoms with E-state index < -0.39 is 0 Å². The molecule has 0 atom stereocenters. The molecule has 0 aliphatic rings. The molecular formula is C16H15Cl2N3O2. The van der Waals surface area contributed by atoms with Gasteiger partial charge in [-0.25, -0.2) is 5.43 Å². The maximum Gasteiger partial charge on any atom is 0.271 e. The van der Waals surface area contributed by atoms with Crippen LogP contribution in [0.3, 0.4) is 0 Å². The third kappa shape index (κ3) is 4.37. The number of hydrazone groups is 1. The number of rotatable bonds is 4. The minimum atomic E-state index is -0.362. The molecule has 2 aromatic rings. The van der Waals surface area contributed by atoms with Crippen molar-refractivity contribution in [1.82, 2.24) is 5.43 Å². The molecule has 0 radical (unpaired) electrons. The third-order valence-corrected chi connectivity index (χ3v) is 3.58. The molecule has 0 aliphatic heterocycles. The van der Waals surface area contributed by atoms with Crippen LogP contribution in [0.2, 0.25) is 10.0 Å². The highest BCUT2D eigenvalue weighted by atomic mass is 35.5. The van der Waals surface area contributed by atoms with Gasteiger partial charge in [-0.3, -0.25) is 4.79 Å². The number of nitrogens with zero attached hydrogens (tertiary/aromatic N) is 2. The molecule has 0 aromatic heterocycles. The van der Waals surface area contributed by atoms with Gasteiger partial charge in [-0.05, 0) is 36.4 Å². The Labute approximate surface area is 144 Å². The van der Waals surface area contributed by atoms with Crippen molar-refractivity contribution < 1.29 is 9.90 Å². The molecular weight excluding hydrogens is 337 g/mol. The van der Waals surface area contributed by atoms with Crippen LogP contribution in [0.5, 0.6) is 5.75 Å². The summed E-state index contributed by atoms with van der Waals surface area (Å²) in [6.45, 7) is 0. The van der Waals surface area contributed by atoms with Crippen molar-refractivity contribution in [2.24, 2.45) is 5.10 Å². The number of aromatic hydroxyl groups is 1. The van der Waals surface area contributed by atoms with Gasteiger partial charge in [0.15, 0.2) is 0 Å². The van der Waals surface area contributed by atoms with E-state index in [-0.39, 0.29) is 16.7 Å². The zero-order chi connectivity index (χ0) is 17.0. The molecule has 0 bridgehead atoms. The lowest BCUT2D eigenvalue weighted by molar-refractivity contribution is 0.0955. The molecule has 0 saturated carbocycles. The summed E-state index contributed by atoms with van der Waals surface area (Å²) in [5.41, 5.74) is 4.16. The molecule has 5 nitrogen and oxygen atoms in total. The maximum absolute atomic E-state index is 12.0. The molecule has 2 rings (SSSR count). The van der Waals surface area contributed by atoms with Crippen LogP contribution in [0.1, 0.15) is 15.9 Å². The second kappa shape index (κ2) is 7.35. The molecule has 0 fully saturated rings. The number of hydrogen-bond acceptors (Lipinski definition) is 4. The summed E-state index contributed by atoms with van der Waals surface area (Å²) in [5.74, 6) is -0.511. The summed E-state index contributed by atoms with van der Waals surface area (Å²) in [6, 6.07) is 9.98. The van der Waals surface area contributed by atoms with Gasteiger partial charge in [-0.1, -0.05) is 23.2 Å². The predicted octanol–water partition coefficient (Wildman–Crippen LogP) is 3.53. The highest BCUT2D eigenvalue weighted by Gasteiger charge is 2.07. The van der Waals surface area contributed by atoms with E-state index in [0.29, 0.717) is 16.1 Å². The van der Waals surface area contributed by atoms with Gasteiger partial charge in [-0.2, -0.15) is 5.10 Å². The van der Waals surface area contributed by atoms with Crippen molar-refractivity contribution >= 4 is 41.0 Å². The Morgan fingerprint density at radius 2 is 1.87 bits per heavy atom. The molecule has 0 saturated heterocycles. The van der Waals surface area contributed by atoms with E-state index in [4.69, 9.17) is 23.2 Å². The van der Waals surface area contributed by atoms with Crippen LogP contribution in [-0.4, -0.2) is 31.3 Å². The Balaban J connectivity index is 2.07. The first-order valence-corrected chi connectivity index (χ1v) is 7.43. The van der Waals surface area contributed by atoms with E-state index >= 15 is 0 Å². The lowest BCUT2D eigenvalue weighted by Gasteiger charge is -2.12. The lowest BCUT2D eigenvalue weighted by atomic mass is 10.2. The molecule has 120 valence electrons. The number of anilines is 1. The van der Waals surface area contributed by atoms with Crippen LogP contribution in [0, 0.1) is 0 Å². The van der Waals surface area contributed by atoms with E-state index in [9.17, 15) is 9.90 Å². The first kappa shape index (κ1) is 17.1. The second-order valence-electron chi connectivity index (χ2n) is 4.97. The molecule has 1 amide bonds. The van der Waals surface area contributed by atoms with Crippen LogP contribution in [0.25, 0.3) is 0 Å². The van der Waals surface area contributed by atoms with Gasteiger partial charge < -0.3 is 10.0 Å². The number of amides is 1. The fourth-order valence-electron chi connectivity index (χ4n) is 1.82. The van der Waals surface area contributed by atoms with Gasteiger partial charge in [0.1, 0.15) is 5.75 Å². The third-order valence-electron chi connectivity index (χ3n) is 3.07. The zero-order valence-electron chi connectivity index (χ0n) is 12.5. The number of hydrogen-bond donors (Lipinski definition) is 2. The minimum absolute atomic E-state index is 0.115. The van der Waals surface area contributed by atoms with Crippen LogP contribution in [-0.2, 0) is 0 Å². The van der Waals surface area contributed by atoms with Crippen molar-refractivity contribution in [2.75, 3.05) is 19.0 Å². The summed E-state index contributed by atoms with van der Waals surface area (Å²) in [6.07, 6.45) is 1.28. The van der Waals surface area contributed by atoms with Crippen molar-refractivity contribution in [3.63, 3.8) is 0 Å². The largest absolute Gasteiger partial charge is 0.506 e. The van der Waals surface area contributed by atoms with Crippen molar-refractivity contribution in [2.45, 2.75) is 0 Å². The van der Waals surface area contributed by atoms with E-state index in [1.165, 1.54) is 18.3 Å². The van der Waals surface area contributed by atoms with Crippen LogP contribution >= 0.6 is 23.2 Å². The number of nitrogens with one attached hydrogen (secondary N) is 1. The minimum Gasteiger partial charge on any atom is -0.506 e.